The zero-order valence-corrected chi connectivity index (χ0v) is 22.1. The van der Waals surface area contributed by atoms with Gasteiger partial charge in [0.2, 0.25) is 0 Å². The van der Waals surface area contributed by atoms with E-state index in [0.717, 1.165) is 23.5 Å². The smallest absolute Gasteiger partial charge is 0.410 e. The molecule has 5 rings (SSSR count). The number of hydrogen-bond donors (Lipinski definition) is 0. The number of imidazole rings is 1. The summed E-state index contributed by atoms with van der Waals surface area (Å²) in [5.74, 6) is 1.12. The first kappa shape index (κ1) is 24.5. The van der Waals surface area contributed by atoms with Crippen LogP contribution in [0.5, 0.6) is 0 Å². The Morgan fingerprint density at radius 3 is 2.58 bits per heavy atom. The second-order valence-corrected chi connectivity index (χ2v) is 12.7. The quantitative estimate of drug-likeness (QED) is 0.619. The first-order valence-corrected chi connectivity index (χ1v) is 13.8. The van der Waals surface area contributed by atoms with E-state index in [0.29, 0.717) is 19.0 Å². The molecular weight excluding hydrogens is 478 g/mol. The molecule has 0 aliphatic carbocycles. The number of aromatic nitrogens is 2. The predicted octanol–water partition coefficient (Wildman–Crippen LogP) is 4.07. The Hall–Kier alpha value is -3.14. The highest BCUT2D eigenvalue weighted by Crippen LogP contribution is 2.40. The maximum absolute atomic E-state index is 13.4. The molecule has 10 heteroatoms. The summed E-state index contributed by atoms with van der Waals surface area (Å²) < 4.78 is 35.9. The van der Waals surface area contributed by atoms with Crippen LogP contribution in [-0.2, 0) is 14.8 Å². The lowest BCUT2D eigenvalue weighted by molar-refractivity contribution is 0.0158. The molecule has 2 aromatic rings. The molecule has 0 radical (unpaired) electrons. The molecule has 192 valence electrons. The van der Waals surface area contributed by atoms with Gasteiger partial charge in [-0.05, 0) is 58.2 Å². The number of sulfonamides is 1. The number of fused-ring (bicyclic) bond motifs is 3. The molecule has 2 unspecified atom stereocenters. The lowest BCUT2D eigenvalue weighted by Crippen LogP contribution is -2.45. The van der Waals surface area contributed by atoms with Gasteiger partial charge in [0, 0.05) is 31.4 Å². The third kappa shape index (κ3) is 4.31. The molecule has 4 heterocycles. The van der Waals surface area contributed by atoms with Gasteiger partial charge in [0.15, 0.2) is 6.17 Å². The van der Waals surface area contributed by atoms with E-state index in [1.807, 2.05) is 33.8 Å². The minimum Gasteiger partial charge on any atom is -0.444 e. The highest BCUT2D eigenvalue weighted by atomic mass is 32.2. The number of likely N-dealkylation sites (tertiary alicyclic amines) is 1. The van der Waals surface area contributed by atoms with Crippen LogP contribution in [0.1, 0.15) is 63.2 Å². The Kier molecular flexibility index (Phi) is 5.97. The maximum atomic E-state index is 13.4. The summed E-state index contributed by atoms with van der Waals surface area (Å²) >= 11 is 0. The van der Waals surface area contributed by atoms with Crippen LogP contribution in [0, 0.1) is 12.8 Å². The molecule has 1 fully saturated rings. The lowest BCUT2D eigenvalue weighted by Gasteiger charge is -2.38. The van der Waals surface area contributed by atoms with Crippen LogP contribution in [0.3, 0.4) is 0 Å². The van der Waals surface area contributed by atoms with Gasteiger partial charge in [-0.2, -0.15) is 0 Å². The Bertz CT molecular complexity index is 1320. The predicted molar refractivity (Wildman–Crippen MR) is 136 cm³/mol. The van der Waals surface area contributed by atoms with Crippen molar-refractivity contribution in [1.29, 1.82) is 0 Å². The molecule has 1 aromatic carbocycles. The van der Waals surface area contributed by atoms with Crippen molar-refractivity contribution < 1.29 is 17.9 Å². The van der Waals surface area contributed by atoms with E-state index in [2.05, 4.69) is 16.5 Å². The molecule has 4 atom stereocenters. The molecule has 3 aliphatic heterocycles. The molecule has 36 heavy (non-hydrogen) atoms. The molecule has 0 saturated carbocycles. The summed E-state index contributed by atoms with van der Waals surface area (Å²) in [5.41, 5.74) is 1.26. The molecule has 0 bridgehead atoms. The average Bonchev–Trinajstić information content (AvgIpc) is 3.43. The fourth-order valence-electron chi connectivity index (χ4n) is 5.07. The Morgan fingerprint density at radius 2 is 1.89 bits per heavy atom. The second-order valence-electron chi connectivity index (χ2n) is 10.9. The van der Waals surface area contributed by atoms with Gasteiger partial charge in [0.25, 0.3) is 10.0 Å². The number of carbonyl (C=O) groups is 1. The Labute approximate surface area is 212 Å². The normalized spacial score (nSPS) is 25.6. The van der Waals surface area contributed by atoms with E-state index in [1.165, 1.54) is 4.31 Å². The average molecular weight is 512 g/mol. The highest BCUT2D eigenvalue weighted by molar-refractivity contribution is 7.89. The first-order chi connectivity index (χ1) is 17.0. The summed E-state index contributed by atoms with van der Waals surface area (Å²) in [6, 6.07) is 6.53. The largest absolute Gasteiger partial charge is 0.444 e. The molecule has 0 spiro atoms. The summed E-state index contributed by atoms with van der Waals surface area (Å²) in [6.07, 6.45) is 6.84. The number of ether oxygens (including phenoxy) is 1. The summed E-state index contributed by atoms with van der Waals surface area (Å²) in [7, 11) is -3.77. The van der Waals surface area contributed by atoms with Crippen LogP contribution in [-0.4, -0.2) is 64.3 Å². The second kappa shape index (κ2) is 8.76. The molecule has 9 nitrogen and oxygen atoms in total. The van der Waals surface area contributed by atoms with Crippen molar-refractivity contribution in [3.8, 4) is 0 Å². The molecule has 1 aromatic heterocycles. The number of piperidine rings is 1. The number of amides is 1. The SMILES string of the molecule is Cc1ccc(S(=O)(=O)N2C=CC3C2N=Cc2cnc([C@H]4CN(C(=O)OC(C)(C)C)CC[C@H]4C)n23)cc1. The van der Waals surface area contributed by atoms with Gasteiger partial charge in [0.05, 0.1) is 22.8 Å². The van der Waals surface area contributed by atoms with Gasteiger partial charge in [0.1, 0.15) is 11.4 Å². The number of aryl methyl sites for hydroxylation is 1. The number of benzene rings is 1. The van der Waals surface area contributed by atoms with Gasteiger partial charge in [-0.1, -0.05) is 24.6 Å². The minimum absolute atomic E-state index is 0.0108. The van der Waals surface area contributed by atoms with Crippen molar-refractivity contribution >= 4 is 22.3 Å². The van der Waals surface area contributed by atoms with Gasteiger partial charge in [-0.25, -0.2) is 22.5 Å². The standard InChI is InChI=1S/C26H33N5O4S/c1-17-6-8-20(9-7-17)36(33,34)30-13-11-22-24(30)28-15-19-14-27-23(31(19)22)21-16-29(12-10-18(21)2)25(32)35-26(3,4)5/h6-9,11,13-15,18,21-22,24H,10,12,16H2,1-5H3/t18-,21+,22?,24?/m1/s1. The fraction of sp³-hybridized carbons (Fsp3) is 0.500. The fourth-order valence-corrected chi connectivity index (χ4v) is 6.49. The van der Waals surface area contributed by atoms with E-state index in [9.17, 15) is 13.2 Å². The van der Waals surface area contributed by atoms with Crippen molar-refractivity contribution in [1.82, 2.24) is 18.8 Å². The summed E-state index contributed by atoms with van der Waals surface area (Å²) in [5, 5.41) is 0. The monoisotopic (exact) mass is 511 g/mol. The van der Waals surface area contributed by atoms with Gasteiger partial charge in [-0.15, -0.1) is 0 Å². The Morgan fingerprint density at radius 1 is 1.17 bits per heavy atom. The van der Waals surface area contributed by atoms with Crippen LogP contribution >= 0.6 is 0 Å². The minimum atomic E-state index is -3.77. The highest BCUT2D eigenvalue weighted by Gasteiger charge is 2.43. The number of carbonyl (C=O) groups excluding carboxylic acids is 1. The van der Waals surface area contributed by atoms with Crippen molar-refractivity contribution in [3.05, 3.63) is 59.8 Å². The first-order valence-electron chi connectivity index (χ1n) is 12.3. The molecule has 0 N–H and O–H groups in total. The molecule has 3 aliphatic rings. The van der Waals surface area contributed by atoms with Crippen LogP contribution in [0.25, 0.3) is 0 Å². The van der Waals surface area contributed by atoms with Crippen molar-refractivity contribution in [2.45, 2.75) is 69.7 Å². The zero-order valence-electron chi connectivity index (χ0n) is 21.3. The van der Waals surface area contributed by atoms with E-state index < -0.39 is 21.8 Å². The topological polar surface area (TPSA) is 97.1 Å². The molecule has 1 amide bonds. The van der Waals surface area contributed by atoms with Crippen LogP contribution in [0.15, 0.2) is 52.6 Å². The van der Waals surface area contributed by atoms with E-state index >= 15 is 0 Å². The number of aliphatic imine (C=N–C) groups is 1. The Balaban J connectivity index is 1.43. The summed E-state index contributed by atoms with van der Waals surface area (Å²) in [4.78, 5) is 24.1. The van der Waals surface area contributed by atoms with Crippen LogP contribution in [0.2, 0.25) is 0 Å². The third-order valence-corrected chi connectivity index (χ3v) is 8.81. The van der Waals surface area contributed by atoms with Crippen LogP contribution in [0.4, 0.5) is 4.79 Å². The van der Waals surface area contributed by atoms with Gasteiger partial charge < -0.3 is 14.2 Å². The van der Waals surface area contributed by atoms with E-state index in [-0.39, 0.29) is 22.9 Å². The maximum Gasteiger partial charge on any atom is 0.410 e. The zero-order chi connectivity index (χ0) is 25.8. The van der Waals surface area contributed by atoms with Crippen molar-refractivity contribution in [2.75, 3.05) is 13.1 Å². The molecular formula is C26H33N5O4S. The number of nitrogens with zero attached hydrogens (tertiary/aromatic N) is 5. The van der Waals surface area contributed by atoms with Gasteiger partial charge in [-0.3, -0.25) is 4.99 Å². The molecule has 1 saturated heterocycles. The summed E-state index contributed by atoms with van der Waals surface area (Å²) in [6.45, 7) is 10.8. The van der Waals surface area contributed by atoms with E-state index in [1.54, 1.807) is 47.8 Å². The van der Waals surface area contributed by atoms with Crippen molar-refractivity contribution in [2.24, 2.45) is 10.9 Å². The van der Waals surface area contributed by atoms with Gasteiger partial charge >= 0.3 is 6.09 Å². The van der Waals surface area contributed by atoms with Crippen molar-refractivity contribution in [3.63, 3.8) is 0 Å². The van der Waals surface area contributed by atoms with E-state index in [4.69, 9.17) is 9.72 Å². The third-order valence-electron chi connectivity index (χ3n) is 7.05. The number of hydrogen-bond acceptors (Lipinski definition) is 6. The van der Waals surface area contributed by atoms with Crippen LogP contribution < -0.4 is 0 Å². The lowest BCUT2D eigenvalue weighted by atomic mass is 9.86. The number of rotatable bonds is 3.